The Bertz CT molecular complexity index is 477. The molecule has 1 atom stereocenters. The van der Waals surface area contributed by atoms with Gasteiger partial charge in [0.1, 0.15) is 0 Å². The molecule has 2 saturated heterocycles. The van der Waals surface area contributed by atoms with Crippen LogP contribution in [0.4, 0.5) is 5.69 Å². The van der Waals surface area contributed by atoms with E-state index < -0.39 is 0 Å². The normalized spacial score (nSPS) is 29.9. The molecule has 2 N–H and O–H groups in total. The molecular weight excluding hydrogens is 234 g/mol. The van der Waals surface area contributed by atoms with Crippen molar-refractivity contribution in [2.45, 2.75) is 25.8 Å². The van der Waals surface area contributed by atoms with Crippen molar-refractivity contribution in [1.29, 1.82) is 0 Å². The van der Waals surface area contributed by atoms with Crippen LogP contribution in [-0.2, 0) is 13.0 Å². The summed E-state index contributed by atoms with van der Waals surface area (Å²) in [6.45, 7) is 7.23. The smallest absolute Gasteiger partial charge is 0.0419 e. The number of rotatable bonds is 2. The van der Waals surface area contributed by atoms with Crippen LogP contribution < -0.4 is 10.6 Å². The Morgan fingerprint density at radius 2 is 2.21 bits per heavy atom. The van der Waals surface area contributed by atoms with Crippen molar-refractivity contribution in [1.82, 2.24) is 10.2 Å². The van der Waals surface area contributed by atoms with Crippen LogP contribution in [0.2, 0.25) is 0 Å². The van der Waals surface area contributed by atoms with E-state index in [1.165, 1.54) is 62.3 Å². The van der Waals surface area contributed by atoms with E-state index in [9.17, 15) is 0 Å². The second-order valence-electron chi connectivity index (χ2n) is 6.52. The summed E-state index contributed by atoms with van der Waals surface area (Å²) in [4.78, 5) is 2.66. The molecule has 0 bridgehead atoms. The van der Waals surface area contributed by atoms with E-state index in [1.807, 2.05) is 0 Å². The number of nitrogens with zero attached hydrogens (tertiary/aromatic N) is 1. The maximum atomic E-state index is 3.56. The van der Waals surface area contributed by atoms with Crippen molar-refractivity contribution in [3.05, 3.63) is 29.3 Å². The third-order valence-corrected chi connectivity index (χ3v) is 5.18. The van der Waals surface area contributed by atoms with Crippen molar-refractivity contribution in [2.24, 2.45) is 5.41 Å². The third kappa shape index (κ3) is 2.05. The minimum absolute atomic E-state index is 0.589. The predicted molar refractivity (Wildman–Crippen MR) is 78.4 cm³/mol. The molecule has 2 fully saturated rings. The summed E-state index contributed by atoms with van der Waals surface area (Å²) in [6, 6.07) is 6.80. The lowest BCUT2D eigenvalue weighted by Crippen LogP contribution is -2.29. The number of fused-ring (bicyclic) bond motifs is 1. The van der Waals surface area contributed by atoms with Gasteiger partial charge in [0.15, 0.2) is 0 Å². The van der Waals surface area contributed by atoms with Gasteiger partial charge in [0.2, 0.25) is 0 Å². The molecule has 4 rings (SSSR count). The summed E-state index contributed by atoms with van der Waals surface area (Å²) in [5, 5.41) is 7.11. The molecule has 1 spiro atoms. The van der Waals surface area contributed by atoms with Gasteiger partial charge in [-0.2, -0.15) is 0 Å². The molecule has 3 aliphatic heterocycles. The summed E-state index contributed by atoms with van der Waals surface area (Å²) in [7, 11) is 0. The molecule has 1 unspecified atom stereocenters. The standard InChI is InChI=1S/C16H23N3/c1-2-13-4-7-18-15(13)14(3-1)10-19-9-6-16(12-19)5-8-17-11-16/h1-3,17-18H,4-12H2. The summed E-state index contributed by atoms with van der Waals surface area (Å²) in [5.41, 5.74) is 5.02. The molecule has 1 aromatic rings. The minimum Gasteiger partial charge on any atom is -0.384 e. The zero-order valence-corrected chi connectivity index (χ0v) is 11.5. The monoisotopic (exact) mass is 257 g/mol. The van der Waals surface area contributed by atoms with Gasteiger partial charge in [0.25, 0.3) is 0 Å². The van der Waals surface area contributed by atoms with Gasteiger partial charge < -0.3 is 10.6 Å². The van der Waals surface area contributed by atoms with Crippen LogP contribution >= 0.6 is 0 Å². The number of anilines is 1. The largest absolute Gasteiger partial charge is 0.384 e. The van der Waals surface area contributed by atoms with Crippen molar-refractivity contribution >= 4 is 5.69 Å². The number of hydrogen-bond donors (Lipinski definition) is 2. The van der Waals surface area contributed by atoms with Crippen LogP contribution in [0.5, 0.6) is 0 Å². The molecule has 19 heavy (non-hydrogen) atoms. The molecule has 3 heteroatoms. The Kier molecular flexibility index (Phi) is 2.78. The molecule has 0 amide bonds. The van der Waals surface area contributed by atoms with Gasteiger partial charge in [-0.1, -0.05) is 18.2 Å². The van der Waals surface area contributed by atoms with E-state index in [1.54, 1.807) is 0 Å². The molecule has 3 nitrogen and oxygen atoms in total. The SMILES string of the molecule is c1cc2c(c(CN3CCC4(CCNC4)C3)c1)NCC2. The number of para-hydroxylation sites is 1. The van der Waals surface area contributed by atoms with E-state index >= 15 is 0 Å². The van der Waals surface area contributed by atoms with E-state index in [0.717, 1.165) is 13.1 Å². The summed E-state index contributed by atoms with van der Waals surface area (Å²) < 4.78 is 0. The average Bonchev–Trinajstić information content (AvgIpc) is 3.13. The van der Waals surface area contributed by atoms with Crippen LogP contribution in [0.25, 0.3) is 0 Å². The molecular formula is C16H23N3. The number of hydrogen-bond acceptors (Lipinski definition) is 3. The highest BCUT2D eigenvalue weighted by Gasteiger charge is 2.40. The first-order chi connectivity index (χ1) is 9.35. The van der Waals surface area contributed by atoms with Crippen molar-refractivity contribution in [3.63, 3.8) is 0 Å². The number of benzene rings is 1. The lowest BCUT2D eigenvalue weighted by atomic mass is 9.86. The first kappa shape index (κ1) is 11.7. The van der Waals surface area contributed by atoms with Crippen LogP contribution in [0.3, 0.4) is 0 Å². The van der Waals surface area contributed by atoms with Gasteiger partial charge in [-0.25, -0.2) is 0 Å². The Morgan fingerprint density at radius 1 is 1.21 bits per heavy atom. The molecule has 0 aliphatic carbocycles. The fourth-order valence-electron chi connectivity index (χ4n) is 4.09. The maximum absolute atomic E-state index is 3.56. The second kappa shape index (κ2) is 4.50. The highest BCUT2D eigenvalue weighted by Crippen LogP contribution is 2.37. The highest BCUT2D eigenvalue weighted by molar-refractivity contribution is 5.61. The molecule has 3 heterocycles. The lowest BCUT2D eigenvalue weighted by molar-refractivity contribution is 0.269. The lowest BCUT2D eigenvalue weighted by Gasteiger charge is -2.23. The van der Waals surface area contributed by atoms with E-state index in [2.05, 4.69) is 33.7 Å². The van der Waals surface area contributed by atoms with E-state index in [-0.39, 0.29) is 0 Å². The van der Waals surface area contributed by atoms with Crippen LogP contribution in [0.1, 0.15) is 24.0 Å². The number of nitrogens with one attached hydrogen (secondary N) is 2. The van der Waals surface area contributed by atoms with Gasteiger partial charge in [-0.3, -0.25) is 4.90 Å². The Morgan fingerprint density at radius 3 is 3.11 bits per heavy atom. The molecule has 0 saturated carbocycles. The summed E-state index contributed by atoms with van der Waals surface area (Å²) in [5.74, 6) is 0. The first-order valence-electron chi connectivity index (χ1n) is 7.62. The van der Waals surface area contributed by atoms with Crippen molar-refractivity contribution in [3.8, 4) is 0 Å². The number of likely N-dealkylation sites (tertiary alicyclic amines) is 1. The zero-order chi connectivity index (χ0) is 12.7. The molecule has 102 valence electrons. The minimum atomic E-state index is 0.589. The van der Waals surface area contributed by atoms with Crippen molar-refractivity contribution < 1.29 is 0 Å². The van der Waals surface area contributed by atoms with Gasteiger partial charge >= 0.3 is 0 Å². The van der Waals surface area contributed by atoms with Crippen LogP contribution in [0.15, 0.2) is 18.2 Å². The van der Waals surface area contributed by atoms with E-state index in [4.69, 9.17) is 0 Å². The fourth-order valence-corrected chi connectivity index (χ4v) is 4.09. The Hall–Kier alpha value is -1.06. The molecule has 0 radical (unpaired) electrons. The average molecular weight is 257 g/mol. The maximum Gasteiger partial charge on any atom is 0.0419 e. The molecule has 3 aliphatic rings. The molecule has 0 aromatic heterocycles. The van der Waals surface area contributed by atoms with E-state index in [0.29, 0.717) is 5.41 Å². The Balaban J connectivity index is 1.49. The van der Waals surface area contributed by atoms with Gasteiger partial charge in [-0.05, 0) is 48.9 Å². The van der Waals surface area contributed by atoms with Crippen LogP contribution in [0, 0.1) is 5.41 Å². The third-order valence-electron chi connectivity index (χ3n) is 5.18. The zero-order valence-electron chi connectivity index (χ0n) is 11.5. The van der Waals surface area contributed by atoms with Crippen LogP contribution in [-0.4, -0.2) is 37.6 Å². The summed E-state index contributed by atoms with van der Waals surface area (Å²) in [6.07, 6.45) is 3.94. The van der Waals surface area contributed by atoms with Gasteiger partial charge in [0.05, 0.1) is 0 Å². The predicted octanol–water partition coefficient (Wildman–Crippen LogP) is 1.84. The second-order valence-corrected chi connectivity index (χ2v) is 6.52. The topological polar surface area (TPSA) is 27.3 Å². The fraction of sp³-hybridized carbons (Fsp3) is 0.625. The highest BCUT2D eigenvalue weighted by atomic mass is 15.2. The summed E-state index contributed by atoms with van der Waals surface area (Å²) >= 11 is 0. The van der Waals surface area contributed by atoms with Gasteiger partial charge in [-0.15, -0.1) is 0 Å². The Labute approximate surface area is 115 Å². The molecule has 1 aromatic carbocycles. The van der Waals surface area contributed by atoms with Gasteiger partial charge in [0, 0.05) is 31.9 Å². The van der Waals surface area contributed by atoms with Crippen molar-refractivity contribution in [2.75, 3.05) is 38.0 Å². The first-order valence-corrected chi connectivity index (χ1v) is 7.62. The quantitative estimate of drug-likeness (QED) is 0.846.